The molecule has 1 aromatic rings. The molecule has 118 valence electrons. The molecule has 0 aliphatic heterocycles. The molecule has 1 aliphatic rings. The molecule has 0 spiro atoms. The Balaban J connectivity index is 1.75. The summed E-state index contributed by atoms with van der Waals surface area (Å²) < 4.78 is 0. The van der Waals surface area contributed by atoms with E-state index in [2.05, 4.69) is 34.7 Å². The minimum atomic E-state index is -0.213. The Bertz CT molecular complexity index is 456. The lowest BCUT2D eigenvalue weighted by atomic mass is 9.87. The fourth-order valence-corrected chi connectivity index (χ4v) is 3.49. The molecule has 6 nitrogen and oxygen atoms in total. The molecule has 1 aliphatic carbocycles. The molecule has 1 heterocycles. The molecule has 0 aromatic carbocycles. The Hall–Kier alpha value is -1.21. The molecule has 3 N–H and O–H groups in total. The van der Waals surface area contributed by atoms with E-state index in [9.17, 15) is 4.79 Å². The number of rotatable bonds is 5. The van der Waals surface area contributed by atoms with Crippen LogP contribution in [0.3, 0.4) is 0 Å². The zero-order chi connectivity index (χ0) is 15.2. The van der Waals surface area contributed by atoms with Gasteiger partial charge in [0.25, 0.3) is 0 Å². The number of hydrogen-bond acceptors (Lipinski definition) is 5. The van der Waals surface area contributed by atoms with Gasteiger partial charge < -0.3 is 10.4 Å². The van der Waals surface area contributed by atoms with Crippen LogP contribution in [0.2, 0.25) is 0 Å². The van der Waals surface area contributed by atoms with Gasteiger partial charge in [0.05, 0.1) is 0 Å². The smallest absolute Gasteiger partial charge is 0.321 e. The first kappa shape index (κ1) is 16.2. The lowest BCUT2D eigenvalue weighted by Gasteiger charge is -2.27. The standard InChI is InChI=1S/C14H24N4O2S/c1-9(2)7-12-17-18-14(21-12)16-13(20)15-11-5-3-10(8-19)4-6-11/h9-11,19H,3-8H2,1-2H3,(H2,15,16,18,20). The quantitative estimate of drug-likeness (QED) is 0.779. The van der Waals surface area contributed by atoms with Crippen LogP contribution in [-0.2, 0) is 6.42 Å². The number of aromatic nitrogens is 2. The predicted octanol–water partition coefficient (Wildman–Crippen LogP) is 2.41. The highest BCUT2D eigenvalue weighted by Gasteiger charge is 2.22. The van der Waals surface area contributed by atoms with E-state index in [-0.39, 0.29) is 18.7 Å². The maximum atomic E-state index is 11.9. The number of carbonyl (C=O) groups is 1. The number of nitrogens with one attached hydrogen (secondary N) is 2. The van der Waals surface area contributed by atoms with Crippen molar-refractivity contribution >= 4 is 22.5 Å². The fraction of sp³-hybridized carbons (Fsp3) is 0.786. The second kappa shape index (κ2) is 7.70. The Morgan fingerprint density at radius 3 is 2.67 bits per heavy atom. The summed E-state index contributed by atoms with van der Waals surface area (Å²) in [7, 11) is 0. The number of urea groups is 1. The number of carbonyl (C=O) groups excluding carboxylic acids is 1. The lowest BCUT2D eigenvalue weighted by Crippen LogP contribution is -2.40. The largest absolute Gasteiger partial charge is 0.396 e. The van der Waals surface area contributed by atoms with Gasteiger partial charge in [-0.1, -0.05) is 25.2 Å². The second-order valence-electron chi connectivity index (χ2n) is 6.10. The van der Waals surface area contributed by atoms with Crippen molar-refractivity contribution in [2.45, 2.75) is 52.0 Å². The molecule has 0 bridgehead atoms. The van der Waals surface area contributed by atoms with Crippen LogP contribution < -0.4 is 10.6 Å². The molecule has 2 amide bonds. The van der Waals surface area contributed by atoms with Crippen molar-refractivity contribution in [3.05, 3.63) is 5.01 Å². The van der Waals surface area contributed by atoms with Gasteiger partial charge in [-0.3, -0.25) is 5.32 Å². The van der Waals surface area contributed by atoms with Crippen molar-refractivity contribution in [2.75, 3.05) is 11.9 Å². The highest BCUT2D eigenvalue weighted by Crippen LogP contribution is 2.24. The third kappa shape index (κ3) is 5.24. The molecule has 1 aromatic heterocycles. The van der Waals surface area contributed by atoms with Gasteiger partial charge in [0.1, 0.15) is 5.01 Å². The van der Waals surface area contributed by atoms with Crippen LogP contribution in [0, 0.1) is 11.8 Å². The highest BCUT2D eigenvalue weighted by molar-refractivity contribution is 7.15. The zero-order valence-electron chi connectivity index (χ0n) is 12.6. The Morgan fingerprint density at radius 2 is 2.05 bits per heavy atom. The van der Waals surface area contributed by atoms with Crippen molar-refractivity contribution in [3.63, 3.8) is 0 Å². The molecule has 1 fully saturated rings. The molecule has 7 heteroatoms. The number of aliphatic hydroxyl groups excluding tert-OH is 1. The van der Waals surface area contributed by atoms with Crippen LogP contribution in [0.15, 0.2) is 0 Å². The minimum absolute atomic E-state index is 0.191. The van der Waals surface area contributed by atoms with Crippen molar-refractivity contribution in [1.82, 2.24) is 15.5 Å². The molecule has 0 radical (unpaired) electrons. The Labute approximate surface area is 129 Å². The van der Waals surface area contributed by atoms with Gasteiger partial charge in [-0.15, -0.1) is 10.2 Å². The Morgan fingerprint density at radius 1 is 1.33 bits per heavy atom. The van der Waals surface area contributed by atoms with Gasteiger partial charge in [0, 0.05) is 19.1 Å². The van der Waals surface area contributed by atoms with E-state index in [1.165, 1.54) is 11.3 Å². The summed E-state index contributed by atoms with van der Waals surface area (Å²) in [5.74, 6) is 0.925. The first-order valence-corrected chi connectivity index (χ1v) is 8.39. The zero-order valence-corrected chi connectivity index (χ0v) is 13.4. The molecule has 1 saturated carbocycles. The molecule has 0 atom stereocenters. The second-order valence-corrected chi connectivity index (χ2v) is 7.16. The van der Waals surface area contributed by atoms with Crippen molar-refractivity contribution in [2.24, 2.45) is 11.8 Å². The molecular formula is C14H24N4O2S. The SMILES string of the molecule is CC(C)Cc1nnc(NC(=O)NC2CCC(CO)CC2)s1. The number of nitrogens with zero attached hydrogens (tertiary/aromatic N) is 2. The van der Waals surface area contributed by atoms with Crippen LogP contribution in [0.4, 0.5) is 9.93 Å². The van der Waals surface area contributed by atoms with Gasteiger partial charge >= 0.3 is 6.03 Å². The van der Waals surface area contributed by atoms with Gasteiger partial charge in [-0.25, -0.2) is 4.79 Å². The molecule has 0 saturated heterocycles. The monoisotopic (exact) mass is 312 g/mol. The number of hydrogen-bond donors (Lipinski definition) is 3. The maximum Gasteiger partial charge on any atom is 0.321 e. The molecule has 2 rings (SSSR count). The summed E-state index contributed by atoms with van der Waals surface area (Å²) in [6.45, 7) is 4.51. The third-order valence-electron chi connectivity index (χ3n) is 3.71. The van der Waals surface area contributed by atoms with E-state index in [0.717, 1.165) is 37.1 Å². The predicted molar refractivity (Wildman–Crippen MR) is 83.4 cm³/mol. The van der Waals surface area contributed by atoms with Gasteiger partial charge in [-0.2, -0.15) is 0 Å². The van der Waals surface area contributed by atoms with E-state index >= 15 is 0 Å². The van der Waals surface area contributed by atoms with Crippen molar-refractivity contribution < 1.29 is 9.90 Å². The Kier molecular flexibility index (Phi) is 5.93. The number of aliphatic hydroxyl groups is 1. The molecular weight excluding hydrogens is 288 g/mol. The van der Waals surface area contributed by atoms with Gasteiger partial charge in [0.15, 0.2) is 0 Å². The van der Waals surface area contributed by atoms with Crippen LogP contribution >= 0.6 is 11.3 Å². The van der Waals surface area contributed by atoms with Crippen LogP contribution in [-0.4, -0.2) is 34.0 Å². The third-order valence-corrected chi connectivity index (χ3v) is 4.57. The molecule has 21 heavy (non-hydrogen) atoms. The summed E-state index contributed by atoms with van der Waals surface area (Å²) in [6.07, 6.45) is 4.67. The summed E-state index contributed by atoms with van der Waals surface area (Å²) >= 11 is 1.43. The van der Waals surface area contributed by atoms with Crippen LogP contribution in [0.25, 0.3) is 0 Å². The lowest BCUT2D eigenvalue weighted by molar-refractivity contribution is 0.176. The molecule has 0 unspecified atom stereocenters. The summed E-state index contributed by atoms with van der Waals surface area (Å²) in [4.78, 5) is 11.9. The van der Waals surface area contributed by atoms with Crippen molar-refractivity contribution in [1.29, 1.82) is 0 Å². The average molecular weight is 312 g/mol. The van der Waals surface area contributed by atoms with E-state index in [0.29, 0.717) is 17.0 Å². The van der Waals surface area contributed by atoms with Crippen LogP contribution in [0.1, 0.15) is 44.5 Å². The van der Waals surface area contributed by atoms with E-state index in [4.69, 9.17) is 5.11 Å². The maximum absolute atomic E-state index is 11.9. The summed E-state index contributed by atoms with van der Waals surface area (Å²) in [6, 6.07) is -0.0226. The average Bonchev–Trinajstić information content (AvgIpc) is 2.85. The normalized spacial score (nSPS) is 22.3. The first-order valence-electron chi connectivity index (χ1n) is 7.57. The highest BCUT2D eigenvalue weighted by atomic mass is 32.1. The topological polar surface area (TPSA) is 87.1 Å². The van der Waals surface area contributed by atoms with Gasteiger partial charge in [0.2, 0.25) is 5.13 Å². The van der Waals surface area contributed by atoms with E-state index in [1.54, 1.807) is 0 Å². The van der Waals surface area contributed by atoms with Crippen molar-refractivity contribution in [3.8, 4) is 0 Å². The minimum Gasteiger partial charge on any atom is -0.396 e. The summed E-state index contributed by atoms with van der Waals surface area (Å²) in [5.41, 5.74) is 0. The van der Waals surface area contributed by atoms with E-state index < -0.39 is 0 Å². The number of anilines is 1. The van der Waals surface area contributed by atoms with Gasteiger partial charge in [-0.05, 0) is 37.5 Å². The van der Waals surface area contributed by atoms with E-state index in [1.807, 2.05) is 0 Å². The van der Waals surface area contributed by atoms with Crippen LogP contribution in [0.5, 0.6) is 0 Å². The summed E-state index contributed by atoms with van der Waals surface area (Å²) in [5, 5.41) is 24.4. The first-order chi connectivity index (χ1) is 10.1. The number of amides is 2. The fourth-order valence-electron chi connectivity index (χ4n) is 2.54.